The first-order valence-corrected chi connectivity index (χ1v) is 9.35. The third-order valence-electron chi connectivity index (χ3n) is 5.06. The maximum Gasteiger partial charge on any atom is 0.261 e. The maximum atomic E-state index is 12.8. The zero-order chi connectivity index (χ0) is 17.8. The van der Waals surface area contributed by atoms with Crippen molar-refractivity contribution < 1.29 is 4.74 Å². The molecule has 5 heteroatoms. The van der Waals surface area contributed by atoms with Crippen molar-refractivity contribution in [3.63, 3.8) is 0 Å². The van der Waals surface area contributed by atoms with Crippen molar-refractivity contribution in [2.24, 2.45) is 5.92 Å². The molecule has 0 radical (unpaired) electrons. The minimum atomic E-state index is 0.0644. The molecular weight excluding hydrogens is 314 g/mol. The smallest absolute Gasteiger partial charge is 0.261 e. The summed E-state index contributed by atoms with van der Waals surface area (Å²) in [5, 5.41) is 0. The molecule has 1 saturated heterocycles. The normalized spacial score (nSPS) is 19.4. The van der Waals surface area contributed by atoms with Gasteiger partial charge in [0.1, 0.15) is 5.65 Å². The van der Waals surface area contributed by atoms with E-state index in [2.05, 4.69) is 23.7 Å². The lowest BCUT2D eigenvalue weighted by Gasteiger charge is -2.30. The van der Waals surface area contributed by atoms with Crippen LogP contribution in [-0.4, -0.2) is 46.6 Å². The fraction of sp³-hybridized carbons (Fsp3) is 0.600. The van der Waals surface area contributed by atoms with Gasteiger partial charge in [-0.15, -0.1) is 0 Å². The van der Waals surface area contributed by atoms with Gasteiger partial charge in [-0.2, -0.15) is 0 Å². The average molecular weight is 343 g/mol. The first kappa shape index (κ1) is 18.1. The molecule has 1 atom stereocenters. The van der Waals surface area contributed by atoms with Crippen molar-refractivity contribution >= 4 is 5.65 Å². The van der Waals surface area contributed by atoms with E-state index in [9.17, 15) is 4.79 Å². The summed E-state index contributed by atoms with van der Waals surface area (Å²) in [6.45, 7) is 9.94. The molecule has 2 aromatic heterocycles. The third-order valence-corrected chi connectivity index (χ3v) is 5.06. The number of ether oxygens (including phenoxy) is 1. The van der Waals surface area contributed by atoms with Gasteiger partial charge in [0.15, 0.2) is 0 Å². The maximum absolute atomic E-state index is 12.8. The molecular formula is C20H29N3O2. The Kier molecular flexibility index (Phi) is 5.86. The van der Waals surface area contributed by atoms with Crippen LogP contribution >= 0.6 is 0 Å². The van der Waals surface area contributed by atoms with Crippen LogP contribution in [0.3, 0.4) is 0 Å². The summed E-state index contributed by atoms with van der Waals surface area (Å²) >= 11 is 0. The first-order chi connectivity index (χ1) is 12.1. The lowest BCUT2D eigenvalue weighted by atomic mass is 9.99. The van der Waals surface area contributed by atoms with Gasteiger partial charge >= 0.3 is 0 Å². The Morgan fingerprint density at radius 3 is 2.96 bits per heavy atom. The highest BCUT2D eigenvalue weighted by Gasteiger charge is 2.22. The highest BCUT2D eigenvalue weighted by atomic mass is 16.5. The molecule has 0 saturated carbocycles. The van der Waals surface area contributed by atoms with E-state index < -0.39 is 0 Å². The Balaban J connectivity index is 1.79. The number of pyridine rings is 1. The van der Waals surface area contributed by atoms with Gasteiger partial charge in [-0.05, 0) is 44.2 Å². The second-order valence-electron chi connectivity index (χ2n) is 7.38. The van der Waals surface area contributed by atoms with Crippen molar-refractivity contribution in [3.8, 4) is 0 Å². The molecule has 1 unspecified atom stereocenters. The third kappa shape index (κ3) is 4.28. The summed E-state index contributed by atoms with van der Waals surface area (Å²) in [5.41, 5.74) is 2.46. The number of hydrogen-bond acceptors (Lipinski definition) is 4. The molecule has 1 aliphatic rings. The summed E-state index contributed by atoms with van der Waals surface area (Å²) in [4.78, 5) is 19.9. The molecule has 5 nitrogen and oxygen atoms in total. The average Bonchev–Trinajstić information content (AvgIpc) is 2.79. The van der Waals surface area contributed by atoms with E-state index >= 15 is 0 Å². The molecule has 0 amide bonds. The van der Waals surface area contributed by atoms with E-state index in [1.165, 1.54) is 6.42 Å². The van der Waals surface area contributed by atoms with E-state index in [0.29, 0.717) is 12.0 Å². The largest absolute Gasteiger partial charge is 0.380 e. The van der Waals surface area contributed by atoms with Gasteiger partial charge in [-0.25, -0.2) is 4.98 Å². The number of aromatic nitrogens is 2. The zero-order valence-corrected chi connectivity index (χ0v) is 15.6. The molecule has 2 aromatic rings. The number of aryl methyl sites for hydroxylation is 1. The van der Waals surface area contributed by atoms with E-state index in [-0.39, 0.29) is 5.56 Å². The van der Waals surface area contributed by atoms with Crippen LogP contribution < -0.4 is 5.56 Å². The van der Waals surface area contributed by atoms with Crippen molar-refractivity contribution in [1.82, 2.24) is 14.3 Å². The lowest BCUT2D eigenvalue weighted by Crippen LogP contribution is -2.39. The van der Waals surface area contributed by atoms with Crippen molar-refractivity contribution in [2.75, 3.05) is 26.3 Å². The van der Waals surface area contributed by atoms with Gasteiger partial charge in [-0.1, -0.05) is 19.9 Å². The van der Waals surface area contributed by atoms with Crippen LogP contribution in [0.2, 0.25) is 0 Å². The monoisotopic (exact) mass is 343 g/mol. The van der Waals surface area contributed by atoms with Gasteiger partial charge in [0, 0.05) is 43.2 Å². The minimum Gasteiger partial charge on any atom is -0.380 e. The molecule has 0 bridgehead atoms. The van der Waals surface area contributed by atoms with E-state index in [4.69, 9.17) is 4.74 Å². The summed E-state index contributed by atoms with van der Waals surface area (Å²) in [6, 6.07) is 6.21. The number of rotatable bonds is 5. The second-order valence-corrected chi connectivity index (χ2v) is 7.38. The van der Waals surface area contributed by atoms with Crippen LogP contribution in [-0.2, 0) is 11.2 Å². The molecule has 3 rings (SSSR count). The molecule has 0 aromatic carbocycles. The van der Waals surface area contributed by atoms with Gasteiger partial charge in [-0.3, -0.25) is 14.1 Å². The van der Waals surface area contributed by atoms with Crippen molar-refractivity contribution in [1.29, 1.82) is 0 Å². The van der Waals surface area contributed by atoms with Crippen LogP contribution in [0.15, 0.2) is 29.2 Å². The van der Waals surface area contributed by atoms with Crippen molar-refractivity contribution in [3.05, 3.63) is 46.0 Å². The predicted molar refractivity (Wildman–Crippen MR) is 100 cm³/mol. The second kappa shape index (κ2) is 8.11. The standard InChI is InChI=1S/C20H29N3O2/c1-15(2)14-17-8-12-25-13-11-22(17)10-7-18-16(3)21-19-6-4-5-9-23(19)20(18)24/h4-6,9,15,17H,7-8,10-14H2,1-3H3. The van der Waals surface area contributed by atoms with E-state index in [1.54, 1.807) is 10.6 Å². The van der Waals surface area contributed by atoms with Crippen molar-refractivity contribution in [2.45, 2.75) is 46.1 Å². The van der Waals surface area contributed by atoms with Gasteiger partial charge in [0.2, 0.25) is 0 Å². The molecule has 0 spiro atoms. The van der Waals surface area contributed by atoms with Crippen LogP contribution in [0.5, 0.6) is 0 Å². The van der Waals surface area contributed by atoms with Crippen LogP contribution in [0.4, 0.5) is 0 Å². The molecule has 3 heterocycles. The summed E-state index contributed by atoms with van der Waals surface area (Å²) in [7, 11) is 0. The Bertz CT molecular complexity index is 769. The van der Waals surface area contributed by atoms with Crippen LogP contribution in [0.25, 0.3) is 5.65 Å². The minimum absolute atomic E-state index is 0.0644. The quantitative estimate of drug-likeness (QED) is 0.837. The zero-order valence-electron chi connectivity index (χ0n) is 15.6. The highest BCUT2D eigenvalue weighted by molar-refractivity contribution is 5.40. The Morgan fingerprint density at radius 1 is 1.32 bits per heavy atom. The predicted octanol–water partition coefficient (Wildman–Crippen LogP) is 2.68. The Labute approximate surface area is 149 Å². The summed E-state index contributed by atoms with van der Waals surface area (Å²) < 4.78 is 7.33. The van der Waals surface area contributed by atoms with Crippen LogP contribution in [0, 0.1) is 12.8 Å². The Hall–Kier alpha value is -1.72. The molecule has 136 valence electrons. The lowest BCUT2D eigenvalue weighted by molar-refractivity contribution is 0.140. The van der Waals surface area contributed by atoms with E-state index in [0.717, 1.165) is 56.0 Å². The van der Waals surface area contributed by atoms with Gasteiger partial charge in [0.25, 0.3) is 5.56 Å². The van der Waals surface area contributed by atoms with Crippen LogP contribution in [0.1, 0.15) is 37.9 Å². The topological polar surface area (TPSA) is 46.8 Å². The summed E-state index contributed by atoms with van der Waals surface area (Å²) in [6.07, 6.45) is 4.79. The van der Waals surface area contributed by atoms with Gasteiger partial charge < -0.3 is 4.74 Å². The van der Waals surface area contributed by atoms with E-state index in [1.807, 2.05) is 25.1 Å². The summed E-state index contributed by atoms with van der Waals surface area (Å²) in [5.74, 6) is 0.667. The highest BCUT2D eigenvalue weighted by Crippen LogP contribution is 2.18. The molecule has 0 N–H and O–H groups in total. The Morgan fingerprint density at radius 2 is 2.16 bits per heavy atom. The SMILES string of the molecule is Cc1nc2ccccn2c(=O)c1CCN1CCOCCC1CC(C)C. The fourth-order valence-corrected chi connectivity index (χ4v) is 3.75. The molecule has 25 heavy (non-hydrogen) atoms. The number of hydrogen-bond donors (Lipinski definition) is 0. The number of nitrogens with zero attached hydrogens (tertiary/aromatic N) is 3. The molecule has 1 aliphatic heterocycles. The first-order valence-electron chi connectivity index (χ1n) is 9.35. The molecule has 1 fully saturated rings. The fourth-order valence-electron chi connectivity index (χ4n) is 3.75. The molecule has 0 aliphatic carbocycles. The van der Waals surface area contributed by atoms with Gasteiger partial charge in [0.05, 0.1) is 6.61 Å². The number of fused-ring (bicyclic) bond motifs is 1.